The first kappa shape index (κ1) is 12.4. The number of amides is 1. The van der Waals surface area contributed by atoms with Crippen LogP contribution in [0.15, 0.2) is 12.1 Å². The molecule has 1 N–H and O–H groups in total. The Morgan fingerprint density at radius 1 is 1.41 bits per heavy atom. The first-order valence-electron chi connectivity index (χ1n) is 5.27. The number of rotatable bonds is 3. The van der Waals surface area contributed by atoms with Gasteiger partial charge in [0, 0.05) is 0 Å². The summed E-state index contributed by atoms with van der Waals surface area (Å²) in [5.74, 6) is 0.473. The van der Waals surface area contributed by atoms with Crippen molar-refractivity contribution in [1.29, 1.82) is 0 Å². The highest BCUT2D eigenvalue weighted by Crippen LogP contribution is 2.30. The maximum Gasteiger partial charge on any atom is 0.236 e. The second kappa shape index (κ2) is 5.06. The van der Waals surface area contributed by atoms with Gasteiger partial charge in [0.15, 0.2) is 5.13 Å². The van der Waals surface area contributed by atoms with Gasteiger partial charge in [-0.3, -0.25) is 4.79 Å². The van der Waals surface area contributed by atoms with E-state index in [0.717, 1.165) is 15.8 Å². The van der Waals surface area contributed by atoms with Crippen LogP contribution in [0.3, 0.4) is 0 Å². The molecule has 3 nitrogen and oxygen atoms in total. The van der Waals surface area contributed by atoms with E-state index >= 15 is 0 Å². The molecule has 0 fully saturated rings. The average Bonchev–Trinajstić information content (AvgIpc) is 2.69. The van der Waals surface area contributed by atoms with E-state index in [9.17, 15) is 4.79 Å². The van der Waals surface area contributed by atoms with Crippen molar-refractivity contribution in [3.05, 3.63) is 23.3 Å². The molecule has 2 aromatic rings. The number of aromatic nitrogens is 1. The van der Waals surface area contributed by atoms with Crippen molar-refractivity contribution in [3.8, 4) is 0 Å². The van der Waals surface area contributed by atoms with Gasteiger partial charge in [-0.2, -0.15) is 11.8 Å². The van der Waals surface area contributed by atoms with Gasteiger partial charge in [0.25, 0.3) is 0 Å². The molecule has 1 aromatic heterocycles. The molecule has 0 atom stereocenters. The fourth-order valence-corrected chi connectivity index (χ4v) is 2.96. The van der Waals surface area contributed by atoms with Gasteiger partial charge in [-0.05, 0) is 31.2 Å². The van der Waals surface area contributed by atoms with Gasteiger partial charge in [-0.1, -0.05) is 23.5 Å². The van der Waals surface area contributed by atoms with Gasteiger partial charge in [-0.25, -0.2) is 4.98 Å². The molecule has 5 heteroatoms. The molecular weight excluding hydrogens is 252 g/mol. The number of nitrogens with zero attached hydrogens (tertiary/aromatic N) is 1. The minimum absolute atomic E-state index is 0.00635. The zero-order valence-corrected chi connectivity index (χ0v) is 11.7. The van der Waals surface area contributed by atoms with E-state index in [1.165, 1.54) is 28.7 Å². The number of aryl methyl sites for hydroxylation is 2. The normalized spacial score (nSPS) is 10.8. The van der Waals surface area contributed by atoms with Crippen molar-refractivity contribution in [2.24, 2.45) is 0 Å². The number of benzene rings is 1. The average molecular weight is 266 g/mol. The maximum atomic E-state index is 11.5. The first-order valence-corrected chi connectivity index (χ1v) is 7.48. The Bertz CT molecular complexity index is 524. The topological polar surface area (TPSA) is 42.0 Å². The van der Waals surface area contributed by atoms with E-state index in [1.807, 2.05) is 13.2 Å². The zero-order chi connectivity index (χ0) is 12.4. The van der Waals surface area contributed by atoms with E-state index in [2.05, 4.69) is 29.4 Å². The lowest BCUT2D eigenvalue weighted by Gasteiger charge is -1.97. The number of carbonyl (C=O) groups is 1. The van der Waals surface area contributed by atoms with Crippen LogP contribution in [0.2, 0.25) is 0 Å². The molecule has 0 saturated carbocycles. The molecule has 0 aliphatic carbocycles. The minimum atomic E-state index is 0.00635. The smallest absolute Gasteiger partial charge is 0.236 e. The third-order valence-electron chi connectivity index (χ3n) is 2.46. The molecule has 0 bridgehead atoms. The van der Waals surface area contributed by atoms with Crippen LogP contribution in [0.1, 0.15) is 11.1 Å². The van der Waals surface area contributed by atoms with E-state index in [-0.39, 0.29) is 5.91 Å². The number of hydrogen-bond acceptors (Lipinski definition) is 4. The lowest BCUT2D eigenvalue weighted by molar-refractivity contribution is -0.113. The van der Waals surface area contributed by atoms with E-state index in [1.54, 1.807) is 0 Å². The highest BCUT2D eigenvalue weighted by molar-refractivity contribution is 7.99. The molecular formula is C12H14N2OS2. The molecule has 1 aromatic carbocycles. The summed E-state index contributed by atoms with van der Waals surface area (Å²) < 4.78 is 1.16. The summed E-state index contributed by atoms with van der Waals surface area (Å²) in [4.78, 5) is 16.0. The van der Waals surface area contributed by atoms with Gasteiger partial charge in [0.2, 0.25) is 5.91 Å². The number of thioether (sulfide) groups is 1. The van der Waals surface area contributed by atoms with Crippen LogP contribution < -0.4 is 5.32 Å². The van der Waals surface area contributed by atoms with Gasteiger partial charge in [0.1, 0.15) is 0 Å². The standard InChI is InChI=1S/C12H14N2OS2/c1-7-4-5-8(2)11-10(7)14-12(17-11)13-9(15)6-16-3/h4-5H,6H2,1-3H3,(H,13,14,15). The van der Waals surface area contributed by atoms with Gasteiger partial charge in [0.05, 0.1) is 16.0 Å². The molecule has 1 amide bonds. The van der Waals surface area contributed by atoms with Crippen molar-refractivity contribution in [2.75, 3.05) is 17.3 Å². The first-order chi connectivity index (χ1) is 8.11. The van der Waals surface area contributed by atoms with Crippen molar-refractivity contribution in [3.63, 3.8) is 0 Å². The fraction of sp³-hybridized carbons (Fsp3) is 0.333. The highest BCUT2D eigenvalue weighted by atomic mass is 32.2. The highest BCUT2D eigenvalue weighted by Gasteiger charge is 2.10. The predicted molar refractivity (Wildman–Crippen MR) is 76.1 cm³/mol. The summed E-state index contributed by atoms with van der Waals surface area (Å²) in [5, 5.41) is 3.53. The molecule has 2 rings (SSSR count). The fourth-order valence-electron chi connectivity index (χ4n) is 1.60. The third kappa shape index (κ3) is 2.61. The van der Waals surface area contributed by atoms with Crippen LogP contribution in [0.4, 0.5) is 5.13 Å². The largest absolute Gasteiger partial charge is 0.301 e. The van der Waals surface area contributed by atoms with Gasteiger partial charge < -0.3 is 5.32 Å². The van der Waals surface area contributed by atoms with Crippen molar-refractivity contribution >= 4 is 44.4 Å². The zero-order valence-electron chi connectivity index (χ0n) is 10.0. The Morgan fingerprint density at radius 3 is 2.76 bits per heavy atom. The Labute approximate surface area is 109 Å². The summed E-state index contributed by atoms with van der Waals surface area (Å²) in [5.41, 5.74) is 3.34. The van der Waals surface area contributed by atoms with Crippen LogP contribution >= 0.6 is 23.1 Å². The predicted octanol–water partition coefficient (Wildman–Crippen LogP) is 3.21. The monoisotopic (exact) mass is 266 g/mol. The number of carbonyl (C=O) groups excluding carboxylic acids is 1. The van der Waals surface area contributed by atoms with E-state index < -0.39 is 0 Å². The maximum absolute atomic E-state index is 11.5. The van der Waals surface area contributed by atoms with Gasteiger partial charge >= 0.3 is 0 Å². The van der Waals surface area contributed by atoms with Gasteiger partial charge in [-0.15, -0.1) is 0 Å². The summed E-state index contributed by atoms with van der Waals surface area (Å²) in [6.07, 6.45) is 1.91. The molecule has 0 saturated heterocycles. The molecule has 0 unspecified atom stereocenters. The van der Waals surface area contributed by atoms with Crippen molar-refractivity contribution < 1.29 is 4.79 Å². The number of nitrogens with one attached hydrogen (secondary N) is 1. The molecule has 0 radical (unpaired) electrons. The molecule has 90 valence electrons. The van der Waals surface area contributed by atoms with E-state index in [4.69, 9.17) is 0 Å². The molecule has 1 heterocycles. The Balaban J connectivity index is 2.35. The number of hydrogen-bond donors (Lipinski definition) is 1. The van der Waals surface area contributed by atoms with Crippen LogP contribution in [0, 0.1) is 13.8 Å². The Kier molecular flexibility index (Phi) is 3.69. The summed E-state index contributed by atoms with van der Waals surface area (Å²) in [6, 6.07) is 4.15. The third-order valence-corrected chi connectivity index (χ3v) is 4.12. The second-order valence-corrected chi connectivity index (χ2v) is 5.74. The minimum Gasteiger partial charge on any atom is -0.301 e. The molecule has 0 aliphatic heterocycles. The second-order valence-electron chi connectivity index (χ2n) is 3.88. The Hall–Kier alpha value is -1.07. The number of thiazole rings is 1. The van der Waals surface area contributed by atoms with Crippen LogP contribution in [-0.2, 0) is 4.79 Å². The summed E-state index contributed by atoms with van der Waals surface area (Å²) in [7, 11) is 0. The molecule has 0 spiro atoms. The van der Waals surface area contributed by atoms with Crippen molar-refractivity contribution in [2.45, 2.75) is 13.8 Å². The number of fused-ring (bicyclic) bond motifs is 1. The number of anilines is 1. The summed E-state index contributed by atoms with van der Waals surface area (Å²) in [6.45, 7) is 4.10. The lowest BCUT2D eigenvalue weighted by atomic mass is 10.1. The van der Waals surface area contributed by atoms with E-state index in [0.29, 0.717) is 10.9 Å². The summed E-state index contributed by atoms with van der Waals surface area (Å²) >= 11 is 3.05. The SMILES string of the molecule is CSCC(=O)Nc1nc2c(C)ccc(C)c2s1. The Morgan fingerprint density at radius 2 is 2.12 bits per heavy atom. The molecule has 0 aliphatic rings. The quantitative estimate of drug-likeness (QED) is 0.927. The lowest BCUT2D eigenvalue weighted by Crippen LogP contribution is -2.13. The van der Waals surface area contributed by atoms with Crippen LogP contribution in [0.5, 0.6) is 0 Å². The molecule has 17 heavy (non-hydrogen) atoms. The van der Waals surface area contributed by atoms with Crippen molar-refractivity contribution in [1.82, 2.24) is 4.98 Å². The van der Waals surface area contributed by atoms with Crippen LogP contribution in [0.25, 0.3) is 10.2 Å². The van der Waals surface area contributed by atoms with Crippen LogP contribution in [-0.4, -0.2) is 22.9 Å².